The minimum atomic E-state index is 0.646. The Hall–Kier alpha value is -7.47. The van der Waals surface area contributed by atoms with Crippen LogP contribution in [0.3, 0.4) is 0 Å². The summed E-state index contributed by atoms with van der Waals surface area (Å²) in [5.41, 5.74) is 8.79. The van der Waals surface area contributed by atoms with Crippen molar-refractivity contribution >= 4 is 74.9 Å². The van der Waals surface area contributed by atoms with Crippen molar-refractivity contribution in [1.82, 2.24) is 19.5 Å². The van der Waals surface area contributed by atoms with Crippen molar-refractivity contribution in [1.29, 1.82) is 0 Å². The van der Waals surface area contributed by atoms with Gasteiger partial charge in [-0.2, -0.15) is 0 Å². The van der Waals surface area contributed by atoms with E-state index >= 15 is 0 Å². The topological polar surface area (TPSA) is 43.6 Å². The van der Waals surface area contributed by atoms with Crippen LogP contribution in [0.2, 0.25) is 0 Å². The standard InChI is InChI=1S/C53H32N4S/c1-2-12-35(13-3-1)51-54-52(36-23-21-34(22-24-36)42-19-10-16-33-11-6-7-17-41(33)42)56-53(55-51)39-25-28-49-46(30-39)44-27-26-40(32-50(44)58-49)57-47-20-9-8-18-43(47)45-29-37-14-4-5-15-38(37)31-48(45)57/h1-32H. The van der Waals surface area contributed by atoms with Gasteiger partial charge in [0.05, 0.1) is 11.0 Å². The summed E-state index contributed by atoms with van der Waals surface area (Å²) < 4.78 is 4.88. The maximum Gasteiger partial charge on any atom is 0.164 e. The Kier molecular flexibility index (Phi) is 7.37. The average molecular weight is 757 g/mol. The van der Waals surface area contributed by atoms with Crippen LogP contribution in [-0.4, -0.2) is 19.5 Å². The van der Waals surface area contributed by atoms with Crippen LogP contribution in [0.4, 0.5) is 0 Å². The number of hydrogen-bond acceptors (Lipinski definition) is 4. The summed E-state index contributed by atoms with van der Waals surface area (Å²) in [6.45, 7) is 0. The van der Waals surface area contributed by atoms with E-state index in [9.17, 15) is 0 Å². The molecule has 0 N–H and O–H groups in total. The lowest BCUT2D eigenvalue weighted by Gasteiger charge is -2.10. The smallest absolute Gasteiger partial charge is 0.164 e. The molecule has 0 saturated carbocycles. The highest BCUT2D eigenvalue weighted by Crippen LogP contribution is 2.40. The first kappa shape index (κ1) is 32.7. The maximum atomic E-state index is 5.13. The summed E-state index contributed by atoms with van der Waals surface area (Å²) in [5.74, 6) is 1.95. The molecule has 0 bridgehead atoms. The van der Waals surface area contributed by atoms with Crippen molar-refractivity contribution in [2.24, 2.45) is 0 Å². The summed E-state index contributed by atoms with van der Waals surface area (Å²) in [6, 6.07) is 69.3. The lowest BCUT2D eigenvalue weighted by Crippen LogP contribution is -2.00. The van der Waals surface area contributed by atoms with Crippen LogP contribution in [0.15, 0.2) is 194 Å². The molecule has 12 rings (SSSR count). The zero-order chi connectivity index (χ0) is 38.2. The van der Waals surface area contributed by atoms with E-state index < -0.39 is 0 Å². The molecule has 4 nitrogen and oxygen atoms in total. The van der Waals surface area contributed by atoms with Crippen LogP contribution in [0, 0.1) is 0 Å². The van der Waals surface area contributed by atoms with Gasteiger partial charge >= 0.3 is 0 Å². The van der Waals surface area contributed by atoms with E-state index in [1.807, 2.05) is 29.5 Å². The van der Waals surface area contributed by atoms with Gasteiger partial charge in [-0.3, -0.25) is 0 Å². The molecule has 0 atom stereocenters. The van der Waals surface area contributed by atoms with Gasteiger partial charge in [-0.1, -0.05) is 146 Å². The molecule has 12 aromatic rings. The summed E-state index contributed by atoms with van der Waals surface area (Å²) in [7, 11) is 0. The lowest BCUT2D eigenvalue weighted by atomic mass is 9.97. The molecule has 0 unspecified atom stereocenters. The van der Waals surface area contributed by atoms with Crippen LogP contribution in [0.5, 0.6) is 0 Å². The van der Waals surface area contributed by atoms with Gasteiger partial charge in [0.2, 0.25) is 0 Å². The second kappa shape index (κ2) is 13.1. The molecule has 0 aliphatic heterocycles. The number of thiophene rings is 1. The zero-order valence-corrected chi connectivity index (χ0v) is 32.0. The molecule has 0 saturated heterocycles. The SMILES string of the molecule is c1ccc(-c2nc(-c3ccc(-c4cccc5ccccc45)cc3)nc(-c3ccc4sc5cc(-n6c7ccccc7c7cc8ccccc8cc76)ccc5c4c3)n2)cc1. The molecule has 5 heteroatoms. The Bertz CT molecular complexity index is 3560. The van der Waals surface area contributed by atoms with Gasteiger partial charge < -0.3 is 4.57 Å². The molecule has 0 spiro atoms. The van der Waals surface area contributed by atoms with Crippen LogP contribution in [0.1, 0.15) is 0 Å². The van der Waals surface area contributed by atoms with E-state index in [2.05, 4.69) is 180 Å². The molecule has 0 fully saturated rings. The fraction of sp³-hybridized carbons (Fsp3) is 0. The molecule has 3 heterocycles. The zero-order valence-electron chi connectivity index (χ0n) is 31.2. The summed E-state index contributed by atoms with van der Waals surface area (Å²) >= 11 is 1.82. The number of nitrogens with zero attached hydrogens (tertiary/aromatic N) is 4. The van der Waals surface area contributed by atoms with Gasteiger partial charge in [0.15, 0.2) is 17.5 Å². The molecule has 0 aliphatic rings. The highest BCUT2D eigenvalue weighted by Gasteiger charge is 2.17. The van der Waals surface area contributed by atoms with Crippen molar-refractivity contribution in [2.45, 2.75) is 0 Å². The van der Waals surface area contributed by atoms with Crippen molar-refractivity contribution < 1.29 is 0 Å². The Morgan fingerprint density at radius 3 is 1.76 bits per heavy atom. The number of fused-ring (bicyclic) bond motifs is 8. The van der Waals surface area contributed by atoms with Gasteiger partial charge in [0.25, 0.3) is 0 Å². The van der Waals surface area contributed by atoms with Gasteiger partial charge in [-0.05, 0) is 81.2 Å². The summed E-state index contributed by atoms with van der Waals surface area (Å²) in [6.07, 6.45) is 0. The molecular formula is C53H32N4S. The van der Waals surface area contributed by atoms with E-state index in [1.54, 1.807) is 0 Å². The molecule has 0 aliphatic carbocycles. The monoisotopic (exact) mass is 756 g/mol. The molecular weight excluding hydrogens is 725 g/mol. The summed E-state index contributed by atoms with van der Waals surface area (Å²) in [4.78, 5) is 15.2. The second-order valence-electron chi connectivity index (χ2n) is 14.8. The Labute approximate surface area is 338 Å². The highest BCUT2D eigenvalue weighted by molar-refractivity contribution is 7.25. The largest absolute Gasteiger partial charge is 0.309 e. The fourth-order valence-electron chi connectivity index (χ4n) is 8.60. The maximum absolute atomic E-state index is 5.13. The number of para-hydroxylation sites is 1. The molecule has 270 valence electrons. The Morgan fingerprint density at radius 2 is 0.948 bits per heavy atom. The average Bonchev–Trinajstić information content (AvgIpc) is 3.82. The molecule has 58 heavy (non-hydrogen) atoms. The second-order valence-corrected chi connectivity index (χ2v) is 15.9. The summed E-state index contributed by atoms with van der Waals surface area (Å²) in [5, 5.41) is 9.90. The lowest BCUT2D eigenvalue weighted by molar-refractivity contribution is 1.07. The van der Waals surface area contributed by atoms with Crippen LogP contribution in [0.25, 0.3) is 115 Å². The van der Waals surface area contributed by atoms with E-state index in [4.69, 9.17) is 15.0 Å². The third kappa shape index (κ3) is 5.32. The van der Waals surface area contributed by atoms with E-state index in [0.29, 0.717) is 17.5 Å². The third-order valence-electron chi connectivity index (χ3n) is 11.4. The predicted molar refractivity (Wildman–Crippen MR) is 244 cm³/mol. The minimum Gasteiger partial charge on any atom is -0.309 e. The molecule has 0 amide bonds. The minimum absolute atomic E-state index is 0.646. The van der Waals surface area contributed by atoms with Crippen LogP contribution in [-0.2, 0) is 0 Å². The highest BCUT2D eigenvalue weighted by atomic mass is 32.1. The van der Waals surface area contributed by atoms with E-state index in [1.165, 1.54) is 69.1 Å². The molecule has 0 radical (unpaired) electrons. The predicted octanol–water partition coefficient (Wildman–Crippen LogP) is 14.3. The van der Waals surface area contributed by atoms with Gasteiger partial charge in [0, 0.05) is 53.3 Å². The number of aromatic nitrogens is 4. The van der Waals surface area contributed by atoms with Gasteiger partial charge in [-0.15, -0.1) is 11.3 Å². The van der Waals surface area contributed by atoms with Crippen LogP contribution < -0.4 is 0 Å². The van der Waals surface area contributed by atoms with Crippen molar-refractivity contribution in [3.05, 3.63) is 194 Å². The Morgan fingerprint density at radius 1 is 0.328 bits per heavy atom. The van der Waals surface area contributed by atoms with E-state index in [-0.39, 0.29) is 0 Å². The quantitative estimate of drug-likeness (QED) is 0.176. The first-order chi connectivity index (χ1) is 28.7. The van der Waals surface area contributed by atoms with Crippen molar-refractivity contribution in [3.8, 4) is 51.0 Å². The van der Waals surface area contributed by atoms with Gasteiger partial charge in [-0.25, -0.2) is 15.0 Å². The first-order valence-corrected chi connectivity index (χ1v) is 20.3. The van der Waals surface area contributed by atoms with Crippen molar-refractivity contribution in [2.75, 3.05) is 0 Å². The van der Waals surface area contributed by atoms with Crippen LogP contribution >= 0.6 is 11.3 Å². The number of benzene rings is 9. The Balaban J connectivity index is 0.968. The normalized spacial score (nSPS) is 11.8. The molecule has 3 aromatic heterocycles. The fourth-order valence-corrected chi connectivity index (χ4v) is 9.72. The van der Waals surface area contributed by atoms with Gasteiger partial charge in [0.1, 0.15) is 0 Å². The number of rotatable bonds is 5. The third-order valence-corrected chi connectivity index (χ3v) is 12.6. The number of hydrogen-bond donors (Lipinski definition) is 0. The first-order valence-electron chi connectivity index (χ1n) is 19.5. The molecule has 9 aromatic carbocycles. The van der Waals surface area contributed by atoms with E-state index in [0.717, 1.165) is 27.9 Å². The van der Waals surface area contributed by atoms with Crippen molar-refractivity contribution in [3.63, 3.8) is 0 Å².